The fraction of sp³-hybridized carbons (Fsp3) is 0.400. The number of hydrogen-bond donors (Lipinski definition) is 1. The number of ether oxygens (including phenoxy) is 1. The summed E-state index contributed by atoms with van der Waals surface area (Å²) >= 11 is 0. The minimum atomic E-state index is -0.270. The van der Waals surface area contributed by atoms with E-state index in [1.807, 2.05) is 19.1 Å². The van der Waals surface area contributed by atoms with Gasteiger partial charge in [0.15, 0.2) is 0 Å². The third kappa shape index (κ3) is 4.14. The third-order valence-electron chi connectivity index (χ3n) is 4.99. The van der Waals surface area contributed by atoms with Gasteiger partial charge in [0.05, 0.1) is 17.9 Å². The molecule has 1 aliphatic heterocycles. The van der Waals surface area contributed by atoms with Gasteiger partial charge in [0, 0.05) is 51.4 Å². The van der Waals surface area contributed by atoms with Crippen molar-refractivity contribution in [3.63, 3.8) is 0 Å². The quantitative estimate of drug-likeness (QED) is 0.700. The van der Waals surface area contributed by atoms with E-state index < -0.39 is 0 Å². The van der Waals surface area contributed by atoms with Crippen molar-refractivity contribution in [2.24, 2.45) is 0 Å². The first-order chi connectivity index (χ1) is 14.2. The van der Waals surface area contributed by atoms with Gasteiger partial charge in [0.1, 0.15) is 11.3 Å². The van der Waals surface area contributed by atoms with Gasteiger partial charge in [0.2, 0.25) is 0 Å². The molecule has 1 saturated heterocycles. The number of aromatic nitrogens is 4. The van der Waals surface area contributed by atoms with E-state index in [1.165, 1.54) is 0 Å². The van der Waals surface area contributed by atoms with Gasteiger partial charge in [-0.1, -0.05) is 6.07 Å². The van der Waals surface area contributed by atoms with Crippen molar-refractivity contribution in [3.05, 3.63) is 54.2 Å². The van der Waals surface area contributed by atoms with Crippen LogP contribution in [0.15, 0.2) is 43.0 Å². The molecule has 29 heavy (non-hydrogen) atoms. The fourth-order valence-electron chi connectivity index (χ4n) is 3.45. The molecule has 9 heteroatoms. The summed E-state index contributed by atoms with van der Waals surface area (Å²) in [4.78, 5) is 31.5. The molecule has 1 N–H and O–H groups in total. The molecule has 0 aromatic carbocycles. The Morgan fingerprint density at radius 3 is 3.07 bits per heavy atom. The smallest absolute Gasteiger partial charge is 0.270 e. The Balaban J connectivity index is 1.41. The Labute approximate surface area is 168 Å². The molecule has 152 valence electrons. The standard InChI is InChI=1S/C20H24N6O3/c1-2-25-13-15(11-23-25)19(27)22-12-16-14-24(8-4-10-29-16)20(28)17-5-3-6-18-21-7-9-26(17)18/h3,5-7,9,11,13,16H,2,4,8,10,12,14H2,1H3,(H,22,27). The molecule has 0 radical (unpaired) electrons. The maximum Gasteiger partial charge on any atom is 0.270 e. The first-order valence-electron chi connectivity index (χ1n) is 9.79. The number of fused-ring (bicyclic) bond motifs is 1. The number of amides is 2. The molecule has 4 heterocycles. The average Bonchev–Trinajstić information content (AvgIpc) is 3.36. The molecule has 0 saturated carbocycles. The number of nitrogens with zero attached hydrogens (tertiary/aromatic N) is 5. The number of pyridine rings is 1. The molecule has 4 rings (SSSR count). The molecule has 1 aliphatic rings. The van der Waals surface area contributed by atoms with Crippen LogP contribution in [0.1, 0.15) is 34.2 Å². The highest BCUT2D eigenvalue weighted by atomic mass is 16.5. The molecule has 9 nitrogen and oxygen atoms in total. The molecular formula is C20H24N6O3. The van der Waals surface area contributed by atoms with Crippen LogP contribution in [0, 0.1) is 0 Å². The van der Waals surface area contributed by atoms with E-state index in [0.29, 0.717) is 44.0 Å². The molecule has 0 aliphatic carbocycles. The van der Waals surface area contributed by atoms with E-state index in [4.69, 9.17) is 4.74 Å². The molecule has 3 aromatic heterocycles. The van der Waals surface area contributed by atoms with E-state index in [2.05, 4.69) is 15.4 Å². The van der Waals surface area contributed by atoms with Crippen LogP contribution in [0.3, 0.4) is 0 Å². The second-order valence-corrected chi connectivity index (χ2v) is 6.96. The predicted octanol–water partition coefficient (Wildman–Crippen LogP) is 1.21. The maximum atomic E-state index is 13.1. The summed E-state index contributed by atoms with van der Waals surface area (Å²) in [7, 11) is 0. The second kappa shape index (κ2) is 8.44. The van der Waals surface area contributed by atoms with Crippen molar-refractivity contribution < 1.29 is 14.3 Å². The van der Waals surface area contributed by atoms with Crippen LogP contribution in [0.25, 0.3) is 5.65 Å². The molecule has 0 bridgehead atoms. The van der Waals surface area contributed by atoms with Crippen molar-refractivity contribution in [1.29, 1.82) is 0 Å². The maximum absolute atomic E-state index is 13.1. The molecule has 2 amide bonds. The minimum absolute atomic E-state index is 0.0698. The molecule has 1 unspecified atom stereocenters. The average molecular weight is 396 g/mol. The molecular weight excluding hydrogens is 372 g/mol. The van der Waals surface area contributed by atoms with E-state index in [1.54, 1.807) is 44.8 Å². The summed E-state index contributed by atoms with van der Waals surface area (Å²) in [6.07, 6.45) is 7.20. The van der Waals surface area contributed by atoms with Gasteiger partial charge in [-0.2, -0.15) is 5.10 Å². The SMILES string of the molecule is CCn1cc(C(=O)NCC2CN(C(=O)c3cccc4nccn34)CCCO2)cn1. The zero-order valence-corrected chi connectivity index (χ0v) is 16.3. The second-order valence-electron chi connectivity index (χ2n) is 6.96. The number of aryl methyl sites for hydroxylation is 1. The normalized spacial score (nSPS) is 17.3. The topological polar surface area (TPSA) is 93.8 Å². The van der Waals surface area contributed by atoms with Gasteiger partial charge in [-0.25, -0.2) is 4.98 Å². The number of nitrogens with one attached hydrogen (secondary N) is 1. The summed E-state index contributed by atoms with van der Waals surface area (Å²) in [5.74, 6) is -0.266. The Morgan fingerprint density at radius 1 is 1.34 bits per heavy atom. The highest BCUT2D eigenvalue weighted by Gasteiger charge is 2.25. The van der Waals surface area contributed by atoms with Crippen molar-refractivity contribution in [2.45, 2.75) is 26.0 Å². The van der Waals surface area contributed by atoms with Crippen LogP contribution in [0.2, 0.25) is 0 Å². The van der Waals surface area contributed by atoms with Crippen LogP contribution in [-0.4, -0.2) is 68.2 Å². The van der Waals surface area contributed by atoms with Crippen molar-refractivity contribution in [2.75, 3.05) is 26.2 Å². The van der Waals surface area contributed by atoms with E-state index in [9.17, 15) is 9.59 Å². The van der Waals surface area contributed by atoms with E-state index in [0.717, 1.165) is 12.1 Å². The zero-order valence-electron chi connectivity index (χ0n) is 16.3. The van der Waals surface area contributed by atoms with Gasteiger partial charge < -0.3 is 15.0 Å². The first kappa shape index (κ1) is 19.1. The lowest BCUT2D eigenvalue weighted by Gasteiger charge is -2.24. The monoisotopic (exact) mass is 396 g/mol. The van der Waals surface area contributed by atoms with Gasteiger partial charge >= 0.3 is 0 Å². The van der Waals surface area contributed by atoms with Crippen molar-refractivity contribution in [3.8, 4) is 0 Å². The molecule has 0 spiro atoms. The number of imidazole rings is 1. The zero-order chi connectivity index (χ0) is 20.2. The Bertz CT molecular complexity index is 1010. The van der Waals surface area contributed by atoms with Crippen LogP contribution in [-0.2, 0) is 11.3 Å². The van der Waals surface area contributed by atoms with Crippen LogP contribution >= 0.6 is 0 Å². The van der Waals surface area contributed by atoms with Crippen LogP contribution in [0.5, 0.6) is 0 Å². The summed E-state index contributed by atoms with van der Waals surface area (Å²) in [6, 6.07) is 5.49. The summed E-state index contributed by atoms with van der Waals surface area (Å²) in [5.41, 5.74) is 1.82. The molecule has 3 aromatic rings. The van der Waals surface area contributed by atoms with Gasteiger partial charge in [-0.3, -0.25) is 18.7 Å². The van der Waals surface area contributed by atoms with E-state index in [-0.39, 0.29) is 17.9 Å². The highest BCUT2D eigenvalue weighted by Crippen LogP contribution is 2.13. The minimum Gasteiger partial charge on any atom is -0.374 e. The lowest BCUT2D eigenvalue weighted by molar-refractivity contribution is 0.0464. The van der Waals surface area contributed by atoms with Gasteiger partial charge in [-0.15, -0.1) is 0 Å². The number of hydrogen-bond acceptors (Lipinski definition) is 5. The van der Waals surface area contributed by atoms with E-state index >= 15 is 0 Å². The fourth-order valence-corrected chi connectivity index (χ4v) is 3.45. The lowest BCUT2D eigenvalue weighted by Crippen LogP contribution is -2.42. The van der Waals surface area contributed by atoms with Gasteiger partial charge in [0.25, 0.3) is 11.8 Å². The van der Waals surface area contributed by atoms with Crippen LogP contribution < -0.4 is 5.32 Å². The Morgan fingerprint density at radius 2 is 2.24 bits per heavy atom. The highest BCUT2D eigenvalue weighted by molar-refractivity contribution is 5.94. The van der Waals surface area contributed by atoms with Gasteiger partial charge in [-0.05, 0) is 25.5 Å². The third-order valence-corrected chi connectivity index (χ3v) is 4.99. The Kier molecular flexibility index (Phi) is 5.57. The first-order valence-corrected chi connectivity index (χ1v) is 9.79. The summed E-state index contributed by atoms with van der Waals surface area (Å²) in [5, 5.41) is 7.01. The lowest BCUT2D eigenvalue weighted by atomic mass is 10.2. The molecule has 1 fully saturated rings. The van der Waals surface area contributed by atoms with Crippen LogP contribution in [0.4, 0.5) is 0 Å². The van der Waals surface area contributed by atoms with Crippen molar-refractivity contribution >= 4 is 17.5 Å². The summed E-state index contributed by atoms with van der Waals surface area (Å²) < 4.78 is 9.35. The van der Waals surface area contributed by atoms with Crippen molar-refractivity contribution in [1.82, 2.24) is 29.4 Å². The largest absolute Gasteiger partial charge is 0.374 e. The number of rotatable bonds is 5. The Hall–Kier alpha value is -3.20. The summed E-state index contributed by atoms with van der Waals surface area (Å²) in [6.45, 7) is 4.57. The number of carbonyl (C=O) groups is 2. The molecule has 1 atom stereocenters. The predicted molar refractivity (Wildman–Crippen MR) is 106 cm³/mol. The number of carbonyl (C=O) groups excluding carboxylic acids is 2.